The van der Waals surface area contributed by atoms with Gasteiger partial charge in [0.15, 0.2) is 23.0 Å². The molecule has 1 fully saturated rings. The summed E-state index contributed by atoms with van der Waals surface area (Å²) in [6.45, 7) is 0.0297. The van der Waals surface area contributed by atoms with E-state index in [2.05, 4.69) is 0 Å². The lowest BCUT2D eigenvalue weighted by atomic mass is 10.1. The van der Waals surface area contributed by atoms with Gasteiger partial charge in [0.1, 0.15) is 0 Å². The molecule has 0 saturated carbocycles. The van der Waals surface area contributed by atoms with Gasteiger partial charge >= 0.3 is 5.97 Å². The molecule has 5 rings (SSSR count). The highest BCUT2D eigenvalue weighted by Crippen LogP contribution is 2.41. The van der Waals surface area contributed by atoms with Crippen LogP contribution in [-0.2, 0) is 11.3 Å². The van der Waals surface area contributed by atoms with E-state index in [1.807, 2.05) is 0 Å². The van der Waals surface area contributed by atoms with Gasteiger partial charge in [-0.1, -0.05) is 46.9 Å². The average Bonchev–Trinajstić information content (AvgIpc) is 3.44. The summed E-state index contributed by atoms with van der Waals surface area (Å²) < 4.78 is 21.5. The third-order valence-corrected chi connectivity index (χ3v) is 7.45. The maximum atomic E-state index is 13.1. The predicted octanol–water partition coefficient (Wildman–Crippen LogP) is 6.84. The minimum Gasteiger partial charge on any atom is -0.493 e. The van der Waals surface area contributed by atoms with Crippen LogP contribution in [0.2, 0.25) is 15.1 Å². The van der Waals surface area contributed by atoms with Crippen molar-refractivity contribution in [2.24, 2.45) is 0 Å². The van der Waals surface area contributed by atoms with E-state index in [1.165, 1.54) is 31.4 Å². The van der Waals surface area contributed by atoms with Crippen LogP contribution in [0.25, 0.3) is 6.08 Å². The van der Waals surface area contributed by atoms with Crippen molar-refractivity contribution in [3.05, 3.63) is 85.2 Å². The minimum atomic E-state index is -0.716. The molecule has 194 valence electrons. The van der Waals surface area contributed by atoms with Crippen molar-refractivity contribution >= 4 is 69.8 Å². The van der Waals surface area contributed by atoms with Crippen molar-refractivity contribution in [1.82, 2.24) is 4.90 Å². The molecule has 0 aliphatic carbocycles. The molecule has 38 heavy (non-hydrogen) atoms. The minimum absolute atomic E-state index is 0.0122. The van der Waals surface area contributed by atoms with Crippen LogP contribution in [0.5, 0.6) is 23.0 Å². The predicted molar refractivity (Wildman–Crippen MR) is 144 cm³/mol. The Morgan fingerprint density at radius 1 is 1.03 bits per heavy atom. The zero-order valence-electron chi connectivity index (χ0n) is 19.5. The first kappa shape index (κ1) is 26.2. The molecule has 0 unspecified atom stereocenters. The highest BCUT2D eigenvalue weighted by Gasteiger charge is 2.36. The van der Waals surface area contributed by atoms with E-state index in [0.717, 1.165) is 16.7 Å². The Bertz CT molecular complexity index is 1520. The van der Waals surface area contributed by atoms with Crippen LogP contribution < -0.4 is 18.9 Å². The van der Waals surface area contributed by atoms with E-state index in [0.29, 0.717) is 27.6 Å². The molecule has 2 aliphatic rings. The Balaban J connectivity index is 1.37. The third kappa shape index (κ3) is 5.15. The second-order valence-corrected chi connectivity index (χ2v) is 10.2. The number of imide groups is 1. The molecular formula is C26H16Cl3NO7S. The molecule has 0 aromatic heterocycles. The van der Waals surface area contributed by atoms with Crippen molar-refractivity contribution in [2.75, 3.05) is 13.9 Å². The van der Waals surface area contributed by atoms with E-state index >= 15 is 0 Å². The van der Waals surface area contributed by atoms with Crippen molar-refractivity contribution < 1.29 is 33.3 Å². The number of carbonyl (C=O) groups excluding carboxylic acids is 3. The summed E-state index contributed by atoms with van der Waals surface area (Å²) in [6.07, 6.45) is 1.50. The molecule has 0 bridgehead atoms. The fourth-order valence-corrected chi connectivity index (χ4v) is 5.26. The lowest BCUT2D eigenvalue weighted by molar-refractivity contribution is -0.123. The van der Waals surface area contributed by atoms with Gasteiger partial charge in [0.05, 0.1) is 34.2 Å². The molecule has 8 nitrogen and oxygen atoms in total. The highest BCUT2D eigenvalue weighted by atomic mass is 35.5. The van der Waals surface area contributed by atoms with Crippen LogP contribution in [0.1, 0.15) is 21.5 Å². The smallest absolute Gasteiger partial charge is 0.345 e. The molecule has 0 atom stereocenters. The number of rotatable bonds is 6. The zero-order chi connectivity index (χ0) is 27.0. The van der Waals surface area contributed by atoms with Crippen molar-refractivity contribution in [3.8, 4) is 23.0 Å². The Labute approximate surface area is 235 Å². The molecule has 0 spiro atoms. The second-order valence-electron chi connectivity index (χ2n) is 7.97. The Morgan fingerprint density at radius 3 is 2.50 bits per heavy atom. The molecule has 1 saturated heterocycles. The van der Waals surface area contributed by atoms with Gasteiger partial charge in [-0.05, 0) is 59.3 Å². The van der Waals surface area contributed by atoms with Crippen LogP contribution in [0.3, 0.4) is 0 Å². The van der Waals surface area contributed by atoms with Crippen LogP contribution in [0.15, 0.2) is 53.4 Å². The van der Waals surface area contributed by atoms with Crippen LogP contribution in [-0.4, -0.2) is 35.9 Å². The fraction of sp³-hybridized carbons (Fsp3) is 0.115. The number of esters is 1. The zero-order valence-corrected chi connectivity index (χ0v) is 22.5. The molecule has 2 aliphatic heterocycles. The SMILES string of the molecule is COc1cc(/C=C2\SC(=O)N(Cc3cc4c(cc3Cl)OCO4)C2=O)cc(Cl)c1OC(=O)c1ccccc1Cl. The van der Waals surface area contributed by atoms with E-state index < -0.39 is 17.1 Å². The van der Waals surface area contributed by atoms with Gasteiger partial charge in [-0.15, -0.1) is 0 Å². The topological polar surface area (TPSA) is 91.4 Å². The molecule has 3 aromatic carbocycles. The number of hydrogen-bond acceptors (Lipinski definition) is 8. The van der Waals surface area contributed by atoms with Crippen molar-refractivity contribution in [1.29, 1.82) is 0 Å². The van der Waals surface area contributed by atoms with Crippen LogP contribution in [0, 0.1) is 0 Å². The Morgan fingerprint density at radius 2 is 1.76 bits per heavy atom. The maximum Gasteiger partial charge on any atom is 0.345 e. The molecule has 2 amide bonds. The summed E-state index contributed by atoms with van der Waals surface area (Å²) in [4.78, 5) is 39.6. The van der Waals surface area contributed by atoms with Gasteiger partial charge in [0, 0.05) is 11.1 Å². The Kier molecular flexibility index (Phi) is 7.45. The summed E-state index contributed by atoms with van der Waals surface area (Å²) in [7, 11) is 1.38. The summed E-state index contributed by atoms with van der Waals surface area (Å²) in [5.41, 5.74) is 1.15. The average molecular weight is 593 g/mol. The first-order valence-corrected chi connectivity index (χ1v) is 12.9. The van der Waals surface area contributed by atoms with Gasteiger partial charge in [-0.3, -0.25) is 14.5 Å². The number of methoxy groups -OCH3 is 1. The quantitative estimate of drug-likeness (QED) is 0.175. The molecule has 0 N–H and O–H groups in total. The van der Waals surface area contributed by atoms with Gasteiger partial charge in [0.2, 0.25) is 6.79 Å². The third-order valence-electron chi connectivity index (χ3n) is 5.58. The van der Waals surface area contributed by atoms with Crippen molar-refractivity contribution in [3.63, 3.8) is 0 Å². The van der Waals surface area contributed by atoms with E-state index in [1.54, 1.807) is 30.3 Å². The Hall–Kier alpha value is -3.37. The molecule has 0 radical (unpaired) electrons. The number of halogens is 3. The standard InChI is InChI=1S/C26H16Cl3NO7S/c1-34-21-7-13(6-18(29)23(21)37-25(32)15-4-2-3-5-16(15)27)8-22-24(31)30(26(33)38-22)11-14-9-19-20(10-17(14)28)36-12-35-19/h2-10H,11-12H2,1H3/b22-8-. The number of amides is 2. The first-order valence-electron chi connectivity index (χ1n) is 10.9. The lowest BCUT2D eigenvalue weighted by Crippen LogP contribution is -2.27. The van der Waals surface area contributed by atoms with Gasteiger partial charge in [-0.2, -0.15) is 0 Å². The monoisotopic (exact) mass is 591 g/mol. The number of nitrogens with zero attached hydrogens (tertiary/aromatic N) is 1. The first-order chi connectivity index (χ1) is 18.2. The fourth-order valence-electron chi connectivity index (χ4n) is 3.74. The number of thioether (sulfide) groups is 1. The number of benzene rings is 3. The normalized spacial score (nSPS) is 15.4. The number of fused-ring (bicyclic) bond motifs is 1. The summed E-state index contributed by atoms with van der Waals surface area (Å²) in [6, 6.07) is 12.7. The summed E-state index contributed by atoms with van der Waals surface area (Å²) in [5.74, 6) is -0.0919. The number of hydrogen-bond donors (Lipinski definition) is 0. The lowest BCUT2D eigenvalue weighted by Gasteiger charge is -2.14. The maximum absolute atomic E-state index is 13.1. The van der Waals surface area contributed by atoms with Gasteiger partial charge < -0.3 is 18.9 Å². The number of carbonyl (C=O) groups is 3. The van der Waals surface area contributed by atoms with Crippen molar-refractivity contribution in [2.45, 2.75) is 6.54 Å². The molecule has 3 aromatic rings. The van der Waals surface area contributed by atoms with E-state index in [4.69, 9.17) is 53.8 Å². The van der Waals surface area contributed by atoms with Gasteiger partial charge in [-0.25, -0.2) is 4.79 Å². The van der Waals surface area contributed by atoms with Crippen LogP contribution >= 0.6 is 46.6 Å². The second kappa shape index (κ2) is 10.8. The van der Waals surface area contributed by atoms with Crippen LogP contribution in [0.4, 0.5) is 4.79 Å². The van der Waals surface area contributed by atoms with Gasteiger partial charge in [0.25, 0.3) is 11.1 Å². The highest BCUT2D eigenvalue weighted by molar-refractivity contribution is 8.18. The largest absolute Gasteiger partial charge is 0.493 e. The van der Waals surface area contributed by atoms with E-state index in [9.17, 15) is 14.4 Å². The summed E-state index contributed by atoms with van der Waals surface area (Å²) >= 11 is 19.6. The molecule has 2 heterocycles. The molecular weight excluding hydrogens is 577 g/mol. The molecule has 12 heteroatoms. The van der Waals surface area contributed by atoms with E-state index in [-0.39, 0.29) is 45.4 Å². The number of ether oxygens (including phenoxy) is 4. The summed E-state index contributed by atoms with van der Waals surface area (Å²) in [5, 5.41) is 0.165.